The number of hydrogen-bond donors (Lipinski definition) is 0. The molecule has 0 saturated carbocycles. The summed E-state index contributed by atoms with van der Waals surface area (Å²) in [6.45, 7) is 5.94. The predicted octanol–water partition coefficient (Wildman–Crippen LogP) is 6.53. The van der Waals surface area contributed by atoms with Gasteiger partial charge in [0.25, 0.3) is 12.1 Å². The molecule has 2 heterocycles. The van der Waals surface area contributed by atoms with Crippen molar-refractivity contribution in [3.63, 3.8) is 0 Å². The minimum Gasteiger partial charge on any atom is -0.475 e. The highest BCUT2D eigenvalue weighted by Crippen LogP contribution is 2.37. The van der Waals surface area contributed by atoms with E-state index in [0.29, 0.717) is 34.8 Å². The van der Waals surface area contributed by atoms with Crippen molar-refractivity contribution in [2.24, 2.45) is 0 Å². The standard InChI is InChI=1S/C32H40N3O5S/c1-4-6-7-13-21-38-31-30(33-41-34-31)26-18-14-20-35(3,23-26)32(24-15-9-8-10-16-24)40-29(37)22-25-17-11-12-19-27(25)39-28(36)5-2/h8-12,15-19,32H,4-7,13-14,20-23H2,1-3H3/q+1. The smallest absolute Gasteiger partial charge is 0.315 e. The van der Waals surface area contributed by atoms with E-state index in [1.165, 1.54) is 12.8 Å². The summed E-state index contributed by atoms with van der Waals surface area (Å²) in [5.74, 6) is 0.229. The van der Waals surface area contributed by atoms with Gasteiger partial charge < -0.3 is 14.2 Å². The predicted molar refractivity (Wildman–Crippen MR) is 159 cm³/mol. The Labute approximate surface area is 246 Å². The van der Waals surface area contributed by atoms with Crippen LogP contribution in [0.15, 0.2) is 60.7 Å². The van der Waals surface area contributed by atoms with Gasteiger partial charge in [-0.2, -0.15) is 4.37 Å². The summed E-state index contributed by atoms with van der Waals surface area (Å²) < 4.78 is 27.2. The minimum atomic E-state index is -0.539. The molecule has 2 unspecified atom stereocenters. The van der Waals surface area contributed by atoms with Crippen LogP contribution < -0.4 is 9.47 Å². The van der Waals surface area contributed by atoms with Crippen LogP contribution in [-0.2, 0) is 20.7 Å². The zero-order valence-electron chi connectivity index (χ0n) is 24.2. The maximum absolute atomic E-state index is 13.4. The Balaban J connectivity index is 1.52. The molecule has 0 aliphatic carbocycles. The lowest BCUT2D eigenvalue weighted by Crippen LogP contribution is -2.51. The fourth-order valence-electron chi connectivity index (χ4n) is 5.05. The third-order valence-corrected chi connectivity index (χ3v) is 7.79. The molecule has 0 saturated heterocycles. The van der Waals surface area contributed by atoms with E-state index in [1.54, 1.807) is 25.1 Å². The first-order chi connectivity index (χ1) is 19.9. The van der Waals surface area contributed by atoms with Crippen LogP contribution in [0.1, 0.15) is 75.4 Å². The summed E-state index contributed by atoms with van der Waals surface area (Å²) in [5.41, 5.74) is 3.35. The van der Waals surface area contributed by atoms with E-state index in [-0.39, 0.29) is 24.8 Å². The number of para-hydroxylation sites is 1. The number of unbranched alkanes of at least 4 members (excludes halogenated alkanes) is 3. The number of quaternary nitrogens is 1. The second-order valence-corrected chi connectivity index (χ2v) is 11.1. The van der Waals surface area contributed by atoms with Gasteiger partial charge in [0, 0.05) is 24.0 Å². The normalized spacial score (nSPS) is 17.4. The van der Waals surface area contributed by atoms with Gasteiger partial charge in [0.15, 0.2) is 0 Å². The maximum atomic E-state index is 13.4. The maximum Gasteiger partial charge on any atom is 0.315 e. The van der Waals surface area contributed by atoms with Gasteiger partial charge in [-0.25, -0.2) is 0 Å². The second kappa shape index (κ2) is 14.9. The average molecular weight is 579 g/mol. The topological polar surface area (TPSA) is 87.6 Å². The monoisotopic (exact) mass is 578 g/mol. The second-order valence-electron chi connectivity index (χ2n) is 10.6. The van der Waals surface area contributed by atoms with E-state index in [4.69, 9.17) is 14.2 Å². The molecule has 0 amide bonds. The largest absolute Gasteiger partial charge is 0.475 e. The van der Waals surface area contributed by atoms with Gasteiger partial charge in [-0.1, -0.05) is 75.6 Å². The molecular weight excluding hydrogens is 538 g/mol. The van der Waals surface area contributed by atoms with E-state index in [0.717, 1.165) is 54.4 Å². The van der Waals surface area contributed by atoms with E-state index in [1.807, 2.05) is 36.4 Å². The van der Waals surface area contributed by atoms with Crippen molar-refractivity contribution in [1.29, 1.82) is 0 Å². The first-order valence-corrected chi connectivity index (χ1v) is 15.2. The molecule has 0 radical (unpaired) electrons. The lowest BCUT2D eigenvalue weighted by Gasteiger charge is -2.42. The molecule has 0 N–H and O–H groups in total. The number of nitrogens with zero attached hydrogens (tertiary/aromatic N) is 3. The van der Waals surface area contributed by atoms with Gasteiger partial charge in [-0.15, -0.1) is 4.37 Å². The summed E-state index contributed by atoms with van der Waals surface area (Å²) in [6, 6.07) is 16.9. The van der Waals surface area contributed by atoms with Gasteiger partial charge in [0.1, 0.15) is 18.0 Å². The molecule has 41 heavy (non-hydrogen) atoms. The van der Waals surface area contributed by atoms with Gasteiger partial charge in [-0.3, -0.25) is 14.1 Å². The summed E-state index contributed by atoms with van der Waals surface area (Å²) >= 11 is 1.16. The number of ether oxygens (including phenoxy) is 3. The Kier molecular flexibility index (Phi) is 11.0. The number of benzene rings is 2. The Morgan fingerprint density at radius 1 is 0.976 bits per heavy atom. The number of hydrogen-bond acceptors (Lipinski definition) is 8. The molecule has 8 nitrogen and oxygen atoms in total. The molecule has 0 bridgehead atoms. The Bertz CT molecular complexity index is 1330. The first-order valence-electron chi connectivity index (χ1n) is 14.5. The lowest BCUT2D eigenvalue weighted by atomic mass is 10.0. The van der Waals surface area contributed by atoms with Crippen LogP contribution in [0.4, 0.5) is 0 Å². The third-order valence-electron chi connectivity index (χ3n) is 7.28. The molecular formula is C32H40N3O5S+. The van der Waals surface area contributed by atoms with Crippen LogP contribution in [0.2, 0.25) is 0 Å². The van der Waals surface area contributed by atoms with Crippen LogP contribution in [0.25, 0.3) is 5.57 Å². The Morgan fingerprint density at radius 2 is 1.76 bits per heavy atom. The van der Waals surface area contributed by atoms with Crippen LogP contribution in [0.5, 0.6) is 11.6 Å². The van der Waals surface area contributed by atoms with Gasteiger partial charge >= 0.3 is 11.9 Å². The molecule has 1 aromatic heterocycles. The molecule has 3 aromatic rings. The first kappa shape index (κ1) is 30.4. The molecule has 2 atom stereocenters. The minimum absolute atomic E-state index is 0.00871. The molecule has 9 heteroatoms. The van der Waals surface area contributed by atoms with Gasteiger partial charge in [-0.05, 0) is 24.6 Å². The van der Waals surface area contributed by atoms with Crippen LogP contribution in [0.3, 0.4) is 0 Å². The van der Waals surface area contributed by atoms with Crippen molar-refractivity contribution in [2.75, 3.05) is 26.7 Å². The highest BCUT2D eigenvalue weighted by atomic mass is 32.1. The van der Waals surface area contributed by atoms with E-state index < -0.39 is 6.23 Å². The van der Waals surface area contributed by atoms with Crippen molar-refractivity contribution in [3.8, 4) is 11.6 Å². The molecule has 4 rings (SSSR count). The van der Waals surface area contributed by atoms with E-state index in [2.05, 4.69) is 28.8 Å². The quantitative estimate of drug-likeness (QED) is 0.0930. The molecule has 0 spiro atoms. The number of carbonyl (C=O) groups is 2. The van der Waals surface area contributed by atoms with Gasteiger partial charge in [0.2, 0.25) is 0 Å². The van der Waals surface area contributed by atoms with Crippen LogP contribution in [-0.4, -0.2) is 51.9 Å². The van der Waals surface area contributed by atoms with E-state index >= 15 is 0 Å². The lowest BCUT2D eigenvalue weighted by molar-refractivity contribution is -0.953. The number of rotatable bonds is 14. The summed E-state index contributed by atoms with van der Waals surface area (Å²) in [4.78, 5) is 25.3. The highest BCUT2D eigenvalue weighted by Gasteiger charge is 2.40. The molecule has 218 valence electrons. The SMILES string of the molecule is CCCCCCOc1nsnc1C1=CCC[N+](C)(C(OC(=O)Cc2ccccc2OC(=O)CC)c2ccccc2)C1. The highest BCUT2D eigenvalue weighted by molar-refractivity contribution is 6.99. The molecule has 2 aromatic carbocycles. The zero-order valence-corrected chi connectivity index (χ0v) is 25.0. The average Bonchev–Trinajstić information content (AvgIpc) is 3.46. The van der Waals surface area contributed by atoms with Crippen LogP contribution >= 0.6 is 11.7 Å². The fraction of sp³-hybridized carbons (Fsp3) is 0.438. The van der Waals surface area contributed by atoms with Gasteiger partial charge in [0.05, 0.1) is 43.9 Å². The fourth-order valence-corrected chi connectivity index (χ4v) is 5.58. The van der Waals surface area contributed by atoms with Crippen molar-refractivity contribution in [1.82, 2.24) is 8.75 Å². The summed E-state index contributed by atoms with van der Waals surface area (Å²) in [6.07, 6.45) is 7.20. The number of aromatic nitrogens is 2. The van der Waals surface area contributed by atoms with Crippen molar-refractivity contribution in [2.45, 2.75) is 65.0 Å². The Morgan fingerprint density at radius 3 is 2.54 bits per heavy atom. The van der Waals surface area contributed by atoms with E-state index in [9.17, 15) is 9.59 Å². The number of carbonyl (C=O) groups excluding carboxylic acids is 2. The molecule has 0 fully saturated rings. The molecule has 1 aliphatic heterocycles. The summed E-state index contributed by atoms with van der Waals surface area (Å²) in [7, 11) is 2.11. The number of esters is 2. The summed E-state index contributed by atoms with van der Waals surface area (Å²) in [5, 5.41) is 0. The van der Waals surface area contributed by atoms with Crippen molar-refractivity contribution >= 4 is 29.2 Å². The Hall–Kier alpha value is -3.56. The zero-order chi connectivity index (χ0) is 29.1. The molecule has 1 aliphatic rings. The van der Waals surface area contributed by atoms with Crippen LogP contribution in [0, 0.1) is 0 Å². The van der Waals surface area contributed by atoms with Crippen molar-refractivity contribution in [3.05, 3.63) is 77.5 Å². The van der Waals surface area contributed by atoms with Crippen molar-refractivity contribution < 1.29 is 28.3 Å². The third kappa shape index (κ3) is 8.24. The number of likely N-dealkylation sites (N-methyl/N-ethyl adjacent to an activating group) is 1.